The van der Waals surface area contributed by atoms with E-state index in [1.807, 2.05) is 0 Å². The first kappa shape index (κ1) is 11.4. The molecule has 0 aromatic carbocycles. The van der Waals surface area contributed by atoms with E-state index in [2.05, 4.69) is 25.3 Å². The number of rotatable bonds is 2. The van der Waals surface area contributed by atoms with Gasteiger partial charge in [0.25, 0.3) is 0 Å². The highest BCUT2D eigenvalue weighted by atomic mass is 32.1. The lowest BCUT2D eigenvalue weighted by Gasteiger charge is -1.69. The smallest absolute Gasteiger partial charge is 0.00255 e. The average Bonchev–Trinajstić information content (AvgIpc) is 1.88. The van der Waals surface area contributed by atoms with Gasteiger partial charge in [-0.25, -0.2) is 0 Å². The predicted molar refractivity (Wildman–Crippen MR) is 45.8 cm³/mol. The van der Waals surface area contributed by atoms with Gasteiger partial charge in [0.15, 0.2) is 0 Å². The normalized spacial score (nSPS) is 7.50. The molecule has 0 fully saturated rings. The van der Waals surface area contributed by atoms with Crippen molar-refractivity contribution in [3.8, 4) is 0 Å². The highest BCUT2D eigenvalue weighted by Crippen LogP contribution is 1.59. The van der Waals surface area contributed by atoms with Crippen LogP contribution in [-0.4, -0.2) is 24.6 Å². The Labute approximate surface area is 61.8 Å². The molecule has 0 radical (unpaired) electrons. The lowest BCUT2D eigenvalue weighted by molar-refractivity contribution is 1.16. The van der Waals surface area contributed by atoms with Crippen LogP contribution < -0.4 is 11.5 Å². The number of nitrogens with two attached hydrogens (primary N) is 2. The van der Waals surface area contributed by atoms with Crippen LogP contribution in [-0.2, 0) is 0 Å². The summed E-state index contributed by atoms with van der Waals surface area (Å²) in [6.07, 6.45) is 0. The van der Waals surface area contributed by atoms with Gasteiger partial charge in [-0.3, -0.25) is 0 Å². The Morgan fingerprint density at radius 1 is 0.875 bits per heavy atom. The zero-order chi connectivity index (χ0) is 6.83. The van der Waals surface area contributed by atoms with E-state index in [1.54, 1.807) is 0 Å². The van der Waals surface area contributed by atoms with Gasteiger partial charge in [0.05, 0.1) is 0 Å². The Morgan fingerprint density at radius 2 is 1.00 bits per heavy atom. The molecule has 8 heavy (non-hydrogen) atoms. The molecule has 0 bridgehead atoms. The summed E-state index contributed by atoms with van der Waals surface area (Å²) in [6, 6.07) is 0. The molecular weight excluding hydrogens is 140 g/mol. The lowest BCUT2D eigenvalue weighted by atomic mass is 10.8. The van der Waals surface area contributed by atoms with Crippen molar-refractivity contribution < 1.29 is 0 Å². The summed E-state index contributed by atoms with van der Waals surface area (Å²) in [5.74, 6) is 1.58. The predicted octanol–water partition coefficient (Wildman–Crippen LogP) is -0.250. The molecule has 4 N–H and O–H groups in total. The van der Waals surface area contributed by atoms with E-state index in [0.29, 0.717) is 13.1 Å². The molecule has 2 nitrogen and oxygen atoms in total. The summed E-state index contributed by atoms with van der Waals surface area (Å²) < 4.78 is 0. The summed E-state index contributed by atoms with van der Waals surface area (Å²) in [5.41, 5.74) is 9.90. The molecule has 0 saturated carbocycles. The molecule has 0 atom stereocenters. The van der Waals surface area contributed by atoms with Gasteiger partial charge < -0.3 is 11.5 Å². The van der Waals surface area contributed by atoms with Gasteiger partial charge in [-0.15, -0.1) is 0 Å². The van der Waals surface area contributed by atoms with Crippen LogP contribution in [0.25, 0.3) is 0 Å². The van der Waals surface area contributed by atoms with Crippen molar-refractivity contribution in [3.05, 3.63) is 0 Å². The summed E-state index contributed by atoms with van der Waals surface area (Å²) in [5, 5.41) is 0. The third kappa shape index (κ3) is 30.5. The standard InChI is InChI=1S/2C2H7NS/c2*3-1-2-4/h2*4H,1-3H2. The Balaban J connectivity index is 0. The maximum absolute atomic E-state index is 4.95. The second-order valence-electron chi connectivity index (χ2n) is 1.02. The molecule has 0 aromatic rings. The maximum atomic E-state index is 4.95. The largest absolute Gasteiger partial charge is 0.330 e. The summed E-state index contributed by atoms with van der Waals surface area (Å²) in [7, 11) is 0. The molecule has 4 heteroatoms. The molecule has 52 valence electrons. The summed E-state index contributed by atoms with van der Waals surface area (Å²) in [4.78, 5) is 0. The Bertz CT molecular complexity index is 20.0. The van der Waals surface area contributed by atoms with Gasteiger partial charge in [-0.1, -0.05) is 0 Å². The SMILES string of the molecule is NCCS.NCCS. The molecular formula is C4H14N2S2. The van der Waals surface area contributed by atoms with Gasteiger partial charge >= 0.3 is 0 Å². The van der Waals surface area contributed by atoms with Crippen LogP contribution in [0.4, 0.5) is 0 Å². The van der Waals surface area contributed by atoms with E-state index in [-0.39, 0.29) is 0 Å². The Kier molecular flexibility index (Phi) is 22.3. The molecule has 0 aliphatic rings. The fourth-order valence-electron chi connectivity index (χ4n) is 0. The third-order valence-electron chi connectivity index (χ3n) is 0.258. The van der Waals surface area contributed by atoms with Crippen LogP contribution >= 0.6 is 25.3 Å². The molecule has 0 aromatic heterocycles. The zero-order valence-electron chi connectivity index (χ0n) is 4.88. The first-order chi connectivity index (χ1) is 3.83. The summed E-state index contributed by atoms with van der Waals surface area (Å²) in [6.45, 7) is 1.37. The van der Waals surface area contributed by atoms with Crippen molar-refractivity contribution in [2.75, 3.05) is 24.6 Å². The average molecular weight is 154 g/mol. The van der Waals surface area contributed by atoms with E-state index >= 15 is 0 Å². The van der Waals surface area contributed by atoms with Crippen molar-refractivity contribution in [1.82, 2.24) is 0 Å². The highest BCUT2D eigenvalue weighted by Gasteiger charge is 1.56. The minimum Gasteiger partial charge on any atom is -0.330 e. The maximum Gasteiger partial charge on any atom is 0.00255 e. The van der Waals surface area contributed by atoms with Crippen LogP contribution in [0.1, 0.15) is 0 Å². The molecule has 0 rings (SSSR count). The fourth-order valence-corrected chi connectivity index (χ4v) is 0. The van der Waals surface area contributed by atoms with Gasteiger partial charge in [0.2, 0.25) is 0 Å². The highest BCUT2D eigenvalue weighted by molar-refractivity contribution is 7.80. The topological polar surface area (TPSA) is 52.0 Å². The van der Waals surface area contributed by atoms with E-state index in [9.17, 15) is 0 Å². The van der Waals surface area contributed by atoms with Gasteiger partial charge in [-0.2, -0.15) is 25.3 Å². The van der Waals surface area contributed by atoms with Crippen molar-refractivity contribution in [2.24, 2.45) is 11.5 Å². The first-order valence-electron chi connectivity index (χ1n) is 2.45. The molecule has 0 amide bonds. The van der Waals surface area contributed by atoms with E-state index in [4.69, 9.17) is 11.5 Å². The number of hydrogen-bond donors (Lipinski definition) is 4. The van der Waals surface area contributed by atoms with E-state index in [0.717, 1.165) is 11.5 Å². The van der Waals surface area contributed by atoms with Gasteiger partial charge in [-0.05, 0) is 0 Å². The van der Waals surface area contributed by atoms with Crippen molar-refractivity contribution >= 4 is 25.3 Å². The second-order valence-corrected chi connectivity index (χ2v) is 1.92. The van der Waals surface area contributed by atoms with Gasteiger partial charge in [0.1, 0.15) is 0 Å². The van der Waals surface area contributed by atoms with Crippen LogP contribution in [0.5, 0.6) is 0 Å². The minimum atomic E-state index is 0.684. The zero-order valence-corrected chi connectivity index (χ0v) is 6.67. The minimum absolute atomic E-state index is 0.684. The quantitative estimate of drug-likeness (QED) is 0.415. The number of thiol groups is 2. The monoisotopic (exact) mass is 154 g/mol. The molecule has 0 aliphatic heterocycles. The molecule has 0 spiro atoms. The van der Waals surface area contributed by atoms with Crippen LogP contribution in [0, 0.1) is 0 Å². The van der Waals surface area contributed by atoms with Gasteiger partial charge in [0, 0.05) is 24.6 Å². The number of hydrogen-bond acceptors (Lipinski definition) is 4. The van der Waals surface area contributed by atoms with Crippen LogP contribution in [0.15, 0.2) is 0 Å². The summed E-state index contributed by atoms with van der Waals surface area (Å²) >= 11 is 7.59. The molecule has 0 heterocycles. The van der Waals surface area contributed by atoms with Crippen molar-refractivity contribution in [1.29, 1.82) is 0 Å². The van der Waals surface area contributed by atoms with Crippen molar-refractivity contribution in [3.63, 3.8) is 0 Å². The van der Waals surface area contributed by atoms with E-state index in [1.165, 1.54) is 0 Å². The van der Waals surface area contributed by atoms with Crippen LogP contribution in [0.3, 0.4) is 0 Å². The van der Waals surface area contributed by atoms with E-state index < -0.39 is 0 Å². The third-order valence-corrected chi connectivity index (χ3v) is 0.775. The molecule has 0 unspecified atom stereocenters. The fraction of sp³-hybridized carbons (Fsp3) is 1.00. The molecule has 0 saturated heterocycles. The lowest BCUT2D eigenvalue weighted by Crippen LogP contribution is -1.97. The Hall–Kier alpha value is 0.620. The molecule has 0 aliphatic carbocycles. The van der Waals surface area contributed by atoms with Crippen molar-refractivity contribution in [2.45, 2.75) is 0 Å². The first-order valence-corrected chi connectivity index (χ1v) is 3.71. The second kappa shape index (κ2) is 15.6. The Morgan fingerprint density at radius 3 is 1.00 bits per heavy atom. The van der Waals surface area contributed by atoms with Crippen LogP contribution in [0.2, 0.25) is 0 Å².